The van der Waals surface area contributed by atoms with Crippen LogP contribution in [0, 0.1) is 0 Å². The lowest BCUT2D eigenvalue weighted by Gasteiger charge is -2.24. The van der Waals surface area contributed by atoms with E-state index in [0.717, 1.165) is 17.9 Å². The van der Waals surface area contributed by atoms with Crippen molar-refractivity contribution < 1.29 is 9.84 Å². The Bertz CT molecular complexity index is 443. The van der Waals surface area contributed by atoms with Crippen LogP contribution in [-0.2, 0) is 6.42 Å². The summed E-state index contributed by atoms with van der Waals surface area (Å²) in [6.45, 7) is 7.14. The van der Waals surface area contributed by atoms with Gasteiger partial charge >= 0.3 is 0 Å². The first-order valence-electron chi connectivity index (χ1n) is 7.26. The molecule has 0 bridgehead atoms. The number of ether oxygens (including phenoxy) is 1. The molecule has 1 aliphatic heterocycles. The Labute approximate surface area is 126 Å². The standard InChI is InChI=1S/C16H25NO2S/c1-16(2,3)17-10-13(18)11-19-14-8-4-6-12-7-5-9-20-15(12)14/h4,6,8,13,17-18H,5,7,9-11H2,1-3H3/t13-/m1/s1. The second kappa shape index (κ2) is 6.83. The zero-order valence-corrected chi connectivity index (χ0v) is 13.4. The Morgan fingerprint density at radius 3 is 2.95 bits per heavy atom. The van der Waals surface area contributed by atoms with Gasteiger partial charge in [0.25, 0.3) is 0 Å². The second-order valence-corrected chi connectivity index (χ2v) is 7.40. The molecule has 0 saturated heterocycles. The highest BCUT2D eigenvalue weighted by atomic mass is 32.2. The Morgan fingerprint density at radius 1 is 1.40 bits per heavy atom. The zero-order chi connectivity index (χ0) is 14.6. The number of benzene rings is 1. The fraction of sp³-hybridized carbons (Fsp3) is 0.625. The molecule has 0 fully saturated rings. The zero-order valence-electron chi connectivity index (χ0n) is 12.6. The van der Waals surface area contributed by atoms with Gasteiger partial charge in [-0.2, -0.15) is 0 Å². The molecule has 0 aliphatic carbocycles. The van der Waals surface area contributed by atoms with Gasteiger partial charge in [-0.1, -0.05) is 12.1 Å². The largest absolute Gasteiger partial charge is 0.490 e. The van der Waals surface area contributed by atoms with E-state index in [2.05, 4.69) is 32.2 Å². The molecule has 0 amide bonds. The summed E-state index contributed by atoms with van der Waals surface area (Å²) in [6.07, 6.45) is 1.88. The third-order valence-corrected chi connectivity index (χ3v) is 4.44. The van der Waals surface area contributed by atoms with Crippen LogP contribution >= 0.6 is 11.8 Å². The minimum absolute atomic E-state index is 0.0166. The molecule has 0 spiro atoms. The van der Waals surface area contributed by atoms with Crippen molar-refractivity contribution in [1.82, 2.24) is 5.32 Å². The van der Waals surface area contributed by atoms with Gasteiger partial charge in [-0.3, -0.25) is 0 Å². The van der Waals surface area contributed by atoms with Gasteiger partial charge in [0.15, 0.2) is 0 Å². The van der Waals surface area contributed by atoms with Crippen molar-refractivity contribution in [3.63, 3.8) is 0 Å². The number of β-amino-alcohol motifs (C(OH)–C–C–N with tert-alkyl or cyclic N) is 1. The van der Waals surface area contributed by atoms with Gasteiger partial charge in [0, 0.05) is 12.1 Å². The number of aryl methyl sites for hydroxylation is 1. The van der Waals surface area contributed by atoms with E-state index in [4.69, 9.17) is 4.74 Å². The minimum atomic E-state index is -0.487. The normalized spacial score (nSPS) is 16.6. The molecule has 0 saturated carbocycles. The maximum atomic E-state index is 9.98. The molecule has 1 aromatic rings. The van der Waals surface area contributed by atoms with Gasteiger partial charge in [0.05, 0.1) is 4.90 Å². The average molecular weight is 295 g/mol. The summed E-state index contributed by atoms with van der Waals surface area (Å²) in [6, 6.07) is 6.22. The SMILES string of the molecule is CC(C)(C)NC[C@@H](O)COc1cccc2c1SCCC2. The molecule has 4 heteroatoms. The van der Waals surface area contributed by atoms with E-state index in [1.54, 1.807) is 0 Å². The van der Waals surface area contributed by atoms with E-state index in [0.29, 0.717) is 13.2 Å². The van der Waals surface area contributed by atoms with Crippen LogP contribution in [0.15, 0.2) is 23.1 Å². The van der Waals surface area contributed by atoms with Gasteiger partial charge in [0.1, 0.15) is 18.5 Å². The number of thioether (sulfide) groups is 1. The fourth-order valence-corrected chi connectivity index (χ4v) is 3.26. The molecule has 1 atom stereocenters. The number of rotatable bonds is 5. The van der Waals surface area contributed by atoms with Crippen molar-refractivity contribution in [2.24, 2.45) is 0 Å². The van der Waals surface area contributed by atoms with Gasteiger partial charge in [-0.15, -0.1) is 11.8 Å². The molecule has 2 N–H and O–H groups in total. The monoisotopic (exact) mass is 295 g/mol. The number of hydrogen-bond acceptors (Lipinski definition) is 4. The predicted octanol–water partition coefficient (Wildman–Crippen LogP) is 2.85. The number of nitrogens with one attached hydrogen (secondary N) is 1. The van der Waals surface area contributed by atoms with Crippen LogP contribution in [0.3, 0.4) is 0 Å². The Morgan fingerprint density at radius 2 is 2.20 bits per heavy atom. The minimum Gasteiger partial charge on any atom is -0.490 e. The summed E-state index contributed by atoms with van der Waals surface area (Å²) in [5.74, 6) is 2.07. The first-order valence-corrected chi connectivity index (χ1v) is 8.25. The van der Waals surface area contributed by atoms with Crippen molar-refractivity contribution in [2.75, 3.05) is 18.9 Å². The number of fused-ring (bicyclic) bond motifs is 1. The average Bonchev–Trinajstić information content (AvgIpc) is 2.42. The van der Waals surface area contributed by atoms with E-state index >= 15 is 0 Å². The number of aliphatic hydroxyl groups is 1. The van der Waals surface area contributed by atoms with Crippen LogP contribution in [0.2, 0.25) is 0 Å². The van der Waals surface area contributed by atoms with Crippen LogP contribution in [0.25, 0.3) is 0 Å². The molecule has 1 heterocycles. The lowest BCUT2D eigenvalue weighted by molar-refractivity contribution is 0.0986. The van der Waals surface area contributed by atoms with Crippen molar-refractivity contribution in [3.05, 3.63) is 23.8 Å². The quantitative estimate of drug-likeness (QED) is 0.876. The molecular formula is C16H25NO2S. The van der Waals surface area contributed by atoms with Crippen molar-refractivity contribution in [1.29, 1.82) is 0 Å². The lowest BCUT2D eigenvalue weighted by Crippen LogP contribution is -2.42. The van der Waals surface area contributed by atoms with E-state index in [9.17, 15) is 5.11 Å². The lowest BCUT2D eigenvalue weighted by atomic mass is 10.1. The van der Waals surface area contributed by atoms with Crippen LogP contribution in [-0.4, -0.2) is 35.7 Å². The third kappa shape index (κ3) is 4.69. The molecule has 0 aromatic heterocycles. The van der Waals surface area contributed by atoms with Gasteiger partial charge in [-0.25, -0.2) is 0 Å². The summed E-state index contributed by atoms with van der Waals surface area (Å²) in [5, 5.41) is 13.3. The van der Waals surface area contributed by atoms with Crippen LogP contribution < -0.4 is 10.1 Å². The molecule has 1 aromatic carbocycles. The highest BCUT2D eigenvalue weighted by Gasteiger charge is 2.16. The van der Waals surface area contributed by atoms with Crippen LogP contribution in [0.5, 0.6) is 5.75 Å². The Kier molecular flexibility index (Phi) is 5.35. The van der Waals surface area contributed by atoms with E-state index in [1.807, 2.05) is 23.9 Å². The fourth-order valence-electron chi connectivity index (χ4n) is 2.14. The number of aliphatic hydroxyl groups excluding tert-OH is 1. The Hall–Kier alpha value is -0.710. The molecule has 1 aliphatic rings. The first-order chi connectivity index (χ1) is 9.46. The second-order valence-electron chi connectivity index (χ2n) is 6.29. The summed E-state index contributed by atoms with van der Waals surface area (Å²) in [7, 11) is 0. The molecule has 3 nitrogen and oxygen atoms in total. The molecule has 0 unspecified atom stereocenters. The van der Waals surface area contributed by atoms with Crippen molar-refractivity contribution in [3.8, 4) is 5.75 Å². The molecule has 112 valence electrons. The highest BCUT2D eigenvalue weighted by Crippen LogP contribution is 2.37. The topological polar surface area (TPSA) is 41.5 Å². The van der Waals surface area contributed by atoms with Gasteiger partial charge in [0.2, 0.25) is 0 Å². The molecular weight excluding hydrogens is 270 g/mol. The summed E-state index contributed by atoms with van der Waals surface area (Å²) < 4.78 is 5.82. The Balaban J connectivity index is 1.88. The van der Waals surface area contributed by atoms with Gasteiger partial charge in [-0.05, 0) is 51.0 Å². The molecule has 20 heavy (non-hydrogen) atoms. The summed E-state index contributed by atoms with van der Waals surface area (Å²) >= 11 is 1.86. The third-order valence-electron chi connectivity index (χ3n) is 3.20. The predicted molar refractivity (Wildman–Crippen MR) is 84.7 cm³/mol. The highest BCUT2D eigenvalue weighted by molar-refractivity contribution is 7.99. The summed E-state index contributed by atoms with van der Waals surface area (Å²) in [4.78, 5) is 1.26. The van der Waals surface area contributed by atoms with Crippen molar-refractivity contribution in [2.45, 2.75) is 50.2 Å². The molecule has 2 rings (SSSR count). The maximum absolute atomic E-state index is 9.98. The van der Waals surface area contributed by atoms with Crippen LogP contribution in [0.4, 0.5) is 0 Å². The van der Waals surface area contributed by atoms with E-state index < -0.39 is 6.10 Å². The first kappa shape index (κ1) is 15.7. The van der Waals surface area contributed by atoms with Crippen LogP contribution in [0.1, 0.15) is 32.8 Å². The number of hydrogen-bond donors (Lipinski definition) is 2. The van der Waals surface area contributed by atoms with E-state index in [1.165, 1.54) is 16.9 Å². The smallest absolute Gasteiger partial charge is 0.133 e. The maximum Gasteiger partial charge on any atom is 0.133 e. The summed E-state index contributed by atoms with van der Waals surface area (Å²) in [5.41, 5.74) is 1.39. The van der Waals surface area contributed by atoms with E-state index in [-0.39, 0.29) is 5.54 Å². The van der Waals surface area contributed by atoms with Gasteiger partial charge < -0.3 is 15.2 Å². The molecule has 0 radical (unpaired) electrons. The van der Waals surface area contributed by atoms with Crippen molar-refractivity contribution >= 4 is 11.8 Å².